The Morgan fingerprint density at radius 3 is 3.12 bits per heavy atom. The highest BCUT2D eigenvalue weighted by Gasteiger charge is 2.27. The third-order valence-corrected chi connectivity index (χ3v) is 3.27. The molecular formula is C12H12N2O2. The predicted molar refractivity (Wildman–Crippen MR) is 61.7 cm³/mol. The monoisotopic (exact) mass is 216 g/mol. The van der Waals surface area contributed by atoms with Crippen LogP contribution in [-0.2, 0) is 6.42 Å². The number of nitrogens with one attached hydrogen (secondary N) is 1. The van der Waals surface area contributed by atoms with Gasteiger partial charge >= 0.3 is 0 Å². The number of aromatic nitrogens is 1. The maximum absolute atomic E-state index is 10.7. The highest BCUT2D eigenvalue weighted by Crippen LogP contribution is 2.39. The first-order chi connectivity index (χ1) is 7.83. The van der Waals surface area contributed by atoms with Crippen molar-refractivity contribution in [3.63, 3.8) is 0 Å². The SMILES string of the molecule is COc1ccc2[nH]c3c(c2c1)CCC3N=O. The van der Waals surface area contributed by atoms with Gasteiger partial charge in [-0.15, -0.1) is 0 Å². The molecule has 1 aromatic heterocycles. The summed E-state index contributed by atoms with van der Waals surface area (Å²) in [5, 5.41) is 4.31. The van der Waals surface area contributed by atoms with Crippen molar-refractivity contribution in [2.45, 2.75) is 18.9 Å². The molecule has 0 aliphatic heterocycles. The Balaban J connectivity index is 2.23. The molecule has 1 aliphatic rings. The fraction of sp³-hybridized carbons (Fsp3) is 0.333. The number of ether oxygens (including phenoxy) is 1. The molecule has 1 N–H and O–H groups in total. The van der Waals surface area contributed by atoms with Gasteiger partial charge in [-0.05, 0) is 36.6 Å². The van der Waals surface area contributed by atoms with Crippen LogP contribution in [0.4, 0.5) is 0 Å². The number of fused-ring (bicyclic) bond motifs is 3. The molecule has 1 heterocycles. The van der Waals surface area contributed by atoms with Crippen LogP contribution in [0.1, 0.15) is 23.7 Å². The highest BCUT2D eigenvalue weighted by atomic mass is 16.5. The summed E-state index contributed by atoms with van der Waals surface area (Å²) in [5.74, 6) is 0.844. The molecule has 0 saturated carbocycles. The van der Waals surface area contributed by atoms with Crippen LogP contribution < -0.4 is 4.74 Å². The van der Waals surface area contributed by atoms with Gasteiger partial charge in [0.2, 0.25) is 0 Å². The molecule has 16 heavy (non-hydrogen) atoms. The number of aromatic amines is 1. The Morgan fingerprint density at radius 1 is 1.50 bits per heavy atom. The number of methoxy groups -OCH3 is 1. The van der Waals surface area contributed by atoms with Gasteiger partial charge in [-0.1, -0.05) is 5.18 Å². The Kier molecular flexibility index (Phi) is 1.96. The molecule has 1 aromatic carbocycles. The van der Waals surface area contributed by atoms with E-state index in [0.717, 1.165) is 35.2 Å². The molecule has 0 fully saturated rings. The first-order valence-corrected chi connectivity index (χ1v) is 5.34. The standard InChI is InChI=1S/C12H12N2O2/c1-16-7-2-4-10-9(6-7)8-3-5-11(14-15)12(8)13-10/h2,4,6,11,13H,3,5H2,1H3. The second-order valence-corrected chi connectivity index (χ2v) is 4.09. The summed E-state index contributed by atoms with van der Waals surface area (Å²) in [6.45, 7) is 0. The van der Waals surface area contributed by atoms with E-state index in [1.807, 2.05) is 18.2 Å². The van der Waals surface area contributed by atoms with E-state index in [-0.39, 0.29) is 6.04 Å². The number of nitrogens with zero attached hydrogens (tertiary/aromatic N) is 1. The van der Waals surface area contributed by atoms with Crippen LogP contribution in [0, 0.1) is 4.91 Å². The van der Waals surface area contributed by atoms with Gasteiger partial charge in [0.25, 0.3) is 0 Å². The molecule has 2 aromatic rings. The molecule has 1 aliphatic carbocycles. The lowest BCUT2D eigenvalue weighted by Crippen LogP contribution is -1.87. The molecule has 0 saturated heterocycles. The van der Waals surface area contributed by atoms with Gasteiger partial charge in [-0.3, -0.25) is 0 Å². The lowest BCUT2D eigenvalue weighted by Gasteiger charge is -2.00. The normalized spacial score (nSPS) is 18.7. The fourth-order valence-electron chi connectivity index (χ4n) is 2.46. The zero-order chi connectivity index (χ0) is 11.1. The Morgan fingerprint density at radius 2 is 2.38 bits per heavy atom. The van der Waals surface area contributed by atoms with Crippen molar-refractivity contribution < 1.29 is 4.74 Å². The fourth-order valence-corrected chi connectivity index (χ4v) is 2.46. The molecule has 1 atom stereocenters. The lowest BCUT2D eigenvalue weighted by atomic mass is 10.1. The van der Waals surface area contributed by atoms with Crippen molar-refractivity contribution in [1.29, 1.82) is 0 Å². The Hall–Kier alpha value is -1.84. The lowest BCUT2D eigenvalue weighted by molar-refractivity contribution is 0.415. The number of aryl methyl sites for hydroxylation is 1. The molecule has 1 unspecified atom stereocenters. The molecular weight excluding hydrogens is 204 g/mol. The molecule has 3 rings (SSSR count). The molecule has 0 radical (unpaired) electrons. The Bertz CT molecular complexity index is 559. The zero-order valence-electron chi connectivity index (χ0n) is 8.99. The van der Waals surface area contributed by atoms with Crippen molar-refractivity contribution >= 4 is 10.9 Å². The van der Waals surface area contributed by atoms with Crippen LogP contribution in [-0.4, -0.2) is 12.1 Å². The second-order valence-electron chi connectivity index (χ2n) is 4.09. The van der Waals surface area contributed by atoms with Gasteiger partial charge < -0.3 is 9.72 Å². The van der Waals surface area contributed by atoms with Crippen LogP contribution in [0.5, 0.6) is 5.75 Å². The van der Waals surface area contributed by atoms with E-state index in [9.17, 15) is 4.91 Å². The molecule has 4 heteroatoms. The van der Waals surface area contributed by atoms with E-state index in [1.165, 1.54) is 5.56 Å². The summed E-state index contributed by atoms with van der Waals surface area (Å²) in [6.07, 6.45) is 1.73. The maximum Gasteiger partial charge on any atom is 0.132 e. The molecule has 0 bridgehead atoms. The minimum absolute atomic E-state index is 0.201. The number of H-pyrrole nitrogens is 1. The summed E-state index contributed by atoms with van der Waals surface area (Å²) >= 11 is 0. The van der Waals surface area contributed by atoms with Gasteiger partial charge in [0, 0.05) is 16.6 Å². The zero-order valence-corrected chi connectivity index (χ0v) is 8.99. The molecule has 4 nitrogen and oxygen atoms in total. The average molecular weight is 216 g/mol. The van der Waals surface area contributed by atoms with Crippen LogP contribution in [0.25, 0.3) is 10.9 Å². The number of benzene rings is 1. The van der Waals surface area contributed by atoms with Gasteiger partial charge in [-0.2, -0.15) is 4.91 Å². The first-order valence-electron chi connectivity index (χ1n) is 5.34. The maximum atomic E-state index is 10.7. The van der Waals surface area contributed by atoms with E-state index in [2.05, 4.69) is 10.2 Å². The number of rotatable bonds is 2. The summed E-state index contributed by atoms with van der Waals surface area (Å²) in [5.41, 5.74) is 3.26. The Labute approximate surface area is 92.6 Å². The molecule has 0 spiro atoms. The first kappa shape index (κ1) is 9.39. The van der Waals surface area contributed by atoms with Crippen LogP contribution in [0.3, 0.4) is 0 Å². The van der Waals surface area contributed by atoms with Crippen LogP contribution in [0.15, 0.2) is 23.4 Å². The summed E-state index contributed by atoms with van der Waals surface area (Å²) in [4.78, 5) is 14.0. The summed E-state index contributed by atoms with van der Waals surface area (Å²) in [7, 11) is 1.66. The largest absolute Gasteiger partial charge is 0.497 e. The molecule has 0 amide bonds. The van der Waals surface area contributed by atoms with Gasteiger partial charge in [0.1, 0.15) is 11.8 Å². The van der Waals surface area contributed by atoms with E-state index < -0.39 is 0 Å². The second kappa shape index (κ2) is 3.33. The van der Waals surface area contributed by atoms with Gasteiger partial charge in [-0.25, -0.2) is 0 Å². The molecule has 82 valence electrons. The van der Waals surface area contributed by atoms with E-state index in [4.69, 9.17) is 4.74 Å². The third-order valence-electron chi connectivity index (χ3n) is 3.27. The van der Waals surface area contributed by atoms with Crippen molar-refractivity contribution in [2.24, 2.45) is 5.18 Å². The van der Waals surface area contributed by atoms with Crippen molar-refractivity contribution in [3.8, 4) is 5.75 Å². The van der Waals surface area contributed by atoms with E-state index >= 15 is 0 Å². The van der Waals surface area contributed by atoms with Gasteiger partial charge in [0.15, 0.2) is 0 Å². The minimum atomic E-state index is -0.201. The van der Waals surface area contributed by atoms with Crippen molar-refractivity contribution in [1.82, 2.24) is 4.98 Å². The highest BCUT2D eigenvalue weighted by molar-refractivity contribution is 5.86. The van der Waals surface area contributed by atoms with E-state index in [0.29, 0.717) is 0 Å². The van der Waals surface area contributed by atoms with Crippen LogP contribution >= 0.6 is 0 Å². The van der Waals surface area contributed by atoms with Crippen molar-refractivity contribution in [2.75, 3.05) is 7.11 Å². The van der Waals surface area contributed by atoms with Gasteiger partial charge in [0.05, 0.1) is 7.11 Å². The predicted octanol–water partition coefficient (Wildman–Crippen LogP) is 2.93. The number of nitroso groups, excluding NO2 is 1. The van der Waals surface area contributed by atoms with E-state index in [1.54, 1.807) is 7.11 Å². The average Bonchev–Trinajstić information content (AvgIpc) is 2.86. The minimum Gasteiger partial charge on any atom is -0.497 e. The summed E-state index contributed by atoms with van der Waals surface area (Å²) in [6, 6.07) is 5.71. The summed E-state index contributed by atoms with van der Waals surface area (Å²) < 4.78 is 5.21. The number of hydrogen-bond donors (Lipinski definition) is 1. The topological polar surface area (TPSA) is 54.4 Å². The van der Waals surface area contributed by atoms with Crippen molar-refractivity contribution in [3.05, 3.63) is 34.4 Å². The van der Waals surface area contributed by atoms with Crippen LogP contribution in [0.2, 0.25) is 0 Å². The quantitative estimate of drug-likeness (QED) is 0.784. The number of hydrogen-bond acceptors (Lipinski definition) is 3. The third kappa shape index (κ3) is 1.16. The smallest absolute Gasteiger partial charge is 0.132 e.